The van der Waals surface area contributed by atoms with Gasteiger partial charge in [-0.25, -0.2) is 14.8 Å². The van der Waals surface area contributed by atoms with E-state index in [-0.39, 0.29) is 4.88 Å². The number of hydrogen-bond acceptors (Lipinski definition) is 6. The Morgan fingerprint density at radius 3 is 2.45 bits per heavy atom. The number of aromatic nitrogens is 1. The second-order valence-corrected chi connectivity index (χ2v) is 10.5. The van der Waals surface area contributed by atoms with E-state index >= 15 is 0 Å². The lowest BCUT2D eigenvalue weighted by Crippen LogP contribution is -2.33. The Labute approximate surface area is 203 Å². The molecule has 176 valence electrons. The third-order valence-corrected chi connectivity index (χ3v) is 8.05. The van der Waals surface area contributed by atoms with Gasteiger partial charge in [-0.05, 0) is 82.1 Å². The number of carboxylic acids is 1. The summed E-state index contributed by atoms with van der Waals surface area (Å²) >= 11 is 2.85. The molecule has 2 aliphatic heterocycles. The molecule has 0 aromatic carbocycles. The number of nitrogens with one attached hydrogen (secondary N) is 1. The number of aryl methyl sites for hydroxylation is 1. The number of carboxylic acid groups (broad SMARTS) is 1. The number of nitrogens with zero attached hydrogens (tertiary/aromatic N) is 3. The van der Waals surface area contributed by atoms with Crippen LogP contribution >= 0.6 is 22.7 Å². The topological polar surface area (TPSA) is 77.8 Å². The molecule has 2 N–H and O–H groups in total. The van der Waals surface area contributed by atoms with E-state index in [4.69, 9.17) is 9.98 Å². The van der Waals surface area contributed by atoms with Gasteiger partial charge in [0.2, 0.25) is 0 Å². The number of likely N-dealkylation sites (tertiary alicyclic amines) is 1. The average Bonchev–Trinajstić information content (AvgIpc) is 3.50. The van der Waals surface area contributed by atoms with Crippen molar-refractivity contribution in [3.63, 3.8) is 0 Å². The summed E-state index contributed by atoms with van der Waals surface area (Å²) in [5, 5.41) is 15.9. The zero-order valence-corrected chi connectivity index (χ0v) is 21.0. The zero-order valence-electron chi connectivity index (χ0n) is 19.4. The maximum Gasteiger partial charge on any atom is 0.348 e. The number of hydrogen-bond donors (Lipinski definition) is 2. The fraction of sp³-hybridized carbons (Fsp3) is 0.480. The van der Waals surface area contributed by atoms with Crippen molar-refractivity contribution in [3.05, 3.63) is 34.0 Å². The van der Waals surface area contributed by atoms with Gasteiger partial charge in [0.05, 0.1) is 10.6 Å². The molecule has 0 bridgehead atoms. The van der Waals surface area contributed by atoms with E-state index in [0.29, 0.717) is 5.69 Å². The first-order valence-corrected chi connectivity index (χ1v) is 13.5. The van der Waals surface area contributed by atoms with E-state index in [9.17, 15) is 9.90 Å². The minimum atomic E-state index is -0.944. The number of aromatic carboxylic acids is 1. The Kier molecular flexibility index (Phi) is 8.11. The lowest BCUT2D eigenvalue weighted by molar-refractivity contribution is 0.0703. The minimum absolute atomic E-state index is 0.264. The molecule has 0 amide bonds. The fourth-order valence-electron chi connectivity index (χ4n) is 4.32. The van der Waals surface area contributed by atoms with Crippen LogP contribution in [0.3, 0.4) is 0 Å². The first kappa shape index (κ1) is 23.9. The summed E-state index contributed by atoms with van der Waals surface area (Å²) < 4.78 is 0. The van der Waals surface area contributed by atoms with Crippen LogP contribution in [0.2, 0.25) is 0 Å². The molecule has 0 radical (unpaired) electrons. The van der Waals surface area contributed by atoms with Crippen molar-refractivity contribution in [1.29, 1.82) is 0 Å². The van der Waals surface area contributed by atoms with Crippen LogP contribution in [0.1, 0.15) is 60.7 Å². The third-order valence-electron chi connectivity index (χ3n) is 6.10. The zero-order chi connectivity index (χ0) is 23.2. The van der Waals surface area contributed by atoms with Crippen molar-refractivity contribution in [2.75, 3.05) is 26.2 Å². The molecular weight excluding hydrogens is 452 g/mol. The number of rotatable bonds is 3. The van der Waals surface area contributed by atoms with E-state index in [0.717, 1.165) is 58.1 Å². The molecule has 2 fully saturated rings. The van der Waals surface area contributed by atoms with Crippen LogP contribution in [-0.2, 0) is 0 Å². The van der Waals surface area contributed by atoms with Crippen molar-refractivity contribution in [3.8, 4) is 10.6 Å². The molecule has 0 aliphatic carbocycles. The Bertz CT molecular complexity index is 1100. The van der Waals surface area contributed by atoms with Crippen LogP contribution in [0.15, 0.2) is 28.6 Å². The van der Waals surface area contributed by atoms with Crippen molar-refractivity contribution in [2.45, 2.75) is 52.4 Å². The van der Waals surface area contributed by atoms with Crippen LogP contribution in [0.4, 0.5) is 5.69 Å². The van der Waals surface area contributed by atoms with Crippen LogP contribution in [0.25, 0.3) is 20.8 Å². The van der Waals surface area contributed by atoms with Gasteiger partial charge in [0, 0.05) is 18.5 Å². The van der Waals surface area contributed by atoms with Gasteiger partial charge in [-0.2, -0.15) is 0 Å². The maximum absolute atomic E-state index is 11.9. The monoisotopic (exact) mass is 484 g/mol. The van der Waals surface area contributed by atoms with Gasteiger partial charge >= 0.3 is 5.97 Å². The van der Waals surface area contributed by atoms with Gasteiger partial charge in [-0.3, -0.25) is 0 Å². The summed E-state index contributed by atoms with van der Waals surface area (Å²) in [6.07, 6.45) is 7.79. The number of fused-ring (bicyclic) bond motifs is 1. The van der Waals surface area contributed by atoms with Crippen LogP contribution in [-0.4, -0.2) is 53.0 Å². The van der Waals surface area contributed by atoms with Crippen LogP contribution in [0, 0.1) is 6.92 Å². The highest BCUT2D eigenvalue weighted by Crippen LogP contribution is 2.41. The largest absolute Gasteiger partial charge is 0.477 e. The summed E-state index contributed by atoms with van der Waals surface area (Å²) in [4.78, 5) is 25.7. The molecule has 3 aromatic rings. The summed E-state index contributed by atoms with van der Waals surface area (Å²) in [5.74, 6) is -0.0566. The Hall–Kier alpha value is -2.29. The highest BCUT2D eigenvalue weighted by Gasteiger charge is 2.22. The molecule has 5 rings (SSSR count). The second-order valence-electron chi connectivity index (χ2n) is 8.58. The standard InChI is InChI=1S/C20H21N3O2S2.C5H11N/c1-12-11-14(15-7-6-10-26-15)22-19-16(12)17(18(27-19)20(24)25)21-13(2)23-8-4-3-5-9-23;1-2-4-6-5-3-1/h6-7,10-11H,3-5,8-9H2,1-2H3,(H,24,25);6H,1-5H2. The SMILES string of the molecule is C1CCNCC1.CC(=Nc1c(C(=O)O)sc2nc(-c3cccs3)cc(C)c12)N1CCCCC1. The molecule has 2 saturated heterocycles. The van der Waals surface area contributed by atoms with Crippen LogP contribution in [0.5, 0.6) is 0 Å². The van der Waals surface area contributed by atoms with Crippen molar-refractivity contribution in [2.24, 2.45) is 4.99 Å². The summed E-state index contributed by atoms with van der Waals surface area (Å²) in [5.41, 5.74) is 2.45. The Morgan fingerprint density at radius 2 is 1.88 bits per heavy atom. The van der Waals surface area contributed by atoms with E-state index in [1.165, 1.54) is 50.1 Å². The average molecular weight is 485 g/mol. The number of carbonyl (C=O) groups is 1. The molecule has 3 aromatic heterocycles. The molecule has 33 heavy (non-hydrogen) atoms. The van der Waals surface area contributed by atoms with Gasteiger partial charge in [0.15, 0.2) is 0 Å². The molecule has 8 heteroatoms. The van der Waals surface area contributed by atoms with E-state index < -0.39 is 5.97 Å². The Morgan fingerprint density at radius 1 is 1.15 bits per heavy atom. The second kappa shape index (κ2) is 11.2. The molecule has 0 spiro atoms. The highest BCUT2D eigenvalue weighted by atomic mass is 32.1. The number of piperidine rings is 2. The van der Waals surface area contributed by atoms with Crippen molar-refractivity contribution in [1.82, 2.24) is 15.2 Å². The molecule has 6 nitrogen and oxygen atoms in total. The summed E-state index contributed by atoms with van der Waals surface area (Å²) in [6.45, 7) is 8.46. The van der Waals surface area contributed by atoms with Gasteiger partial charge in [-0.15, -0.1) is 22.7 Å². The number of pyridine rings is 1. The lowest BCUT2D eigenvalue weighted by atomic mass is 10.1. The summed E-state index contributed by atoms with van der Waals surface area (Å²) in [6, 6.07) is 6.06. The predicted octanol–water partition coefficient (Wildman–Crippen LogP) is 6.33. The van der Waals surface area contributed by atoms with E-state index in [1.54, 1.807) is 11.3 Å². The lowest BCUT2D eigenvalue weighted by Gasteiger charge is -2.28. The molecule has 5 heterocycles. The fourth-order valence-corrected chi connectivity index (χ4v) is 6.03. The van der Waals surface area contributed by atoms with E-state index in [2.05, 4.69) is 10.2 Å². The molecule has 0 atom stereocenters. The number of amidine groups is 1. The highest BCUT2D eigenvalue weighted by molar-refractivity contribution is 7.21. The molecule has 0 unspecified atom stereocenters. The number of aliphatic imine (C=N–C) groups is 1. The molecule has 2 aliphatic rings. The Balaban J connectivity index is 0.000000376. The molecular formula is C25H32N4O2S2. The van der Waals surface area contributed by atoms with E-state index in [1.807, 2.05) is 37.4 Å². The normalized spacial score (nSPS) is 17.0. The van der Waals surface area contributed by atoms with Crippen molar-refractivity contribution >= 4 is 50.4 Å². The number of thiophene rings is 2. The summed E-state index contributed by atoms with van der Waals surface area (Å²) in [7, 11) is 0. The maximum atomic E-state index is 11.9. The predicted molar refractivity (Wildman–Crippen MR) is 140 cm³/mol. The van der Waals surface area contributed by atoms with Gasteiger partial charge < -0.3 is 15.3 Å². The minimum Gasteiger partial charge on any atom is -0.477 e. The quantitative estimate of drug-likeness (QED) is 0.336. The van der Waals surface area contributed by atoms with Gasteiger partial charge in [-0.1, -0.05) is 12.5 Å². The van der Waals surface area contributed by atoms with Crippen LogP contribution < -0.4 is 5.32 Å². The first-order chi connectivity index (χ1) is 16.0. The molecule has 0 saturated carbocycles. The van der Waals surface area contributed by atoms with Gasteiger partial charge in [0.1, 0.15) is 21.2 Å². The first-order valence-electron chi connectivity index (χ1n) is 11.8. The third kappa shape index (κ3) is 5.80. The van der Waals surface area contributed by atoms with Gasteiger partial charge in [0.25, 0.3) is 0 Å². The smallest absolute Gasteiger partial charge is 0.348 e. The van der Waals surface area contributed by atoms with Crippen molar-refractivity contribution < 1.29 is 9.90 Å².